The summed E-state index contributed by atoms with van der Waals surface area (Å²) in [7, 11) is 0. The maximum Gasteiger partial charge on any atom is -0.0295 e. The molecule has 0 heteroatoms. The predicted molar refractivity (Wildman–Crippen MR) is 52.9 cm³/mol. The standard InChI is InChI=1S/C12H22/c1-5-10-8(2)6-9-7-11(10)12(9,3)4/h8-11H,5-7H2,1-4H3/t8-,9-,10+,11-/m1/s1. The van der Waals surface area contributed by atoms with Gasteiger partial charge in [-0.3, -0.25) is 0 Å². The predicted octanol–water partition coefficient (Wildman–Crippen LogP) is 3.71. The van der Waals surface area contributed by atoms with E-state index in [0.29, 0.717) is 5.41 Å². The van der Waals surface area contributed by atoms with E-state index < -0.39 is 0 Å². The molecule has 0 aromatic heterocycles. The molecule has 0 radical (unpaired) electrons. The summed E-state index contributed by atoms with van der Waals surface area (Å²) in [4.78, 5) is 0. The number of fused-ring (bicyclic) bond motifs is 2. The van der Waals surface area contributed by atoms with Crippen molar-refractivity contribution in [3.05, 3.63) is 0 Å². The third-order valence-electron chi connectivity index (χ3n) is 4.92. The summed E-state index contributed by atoms with van der Waals surface area (Å²) in [6.07, 6.45) is 4.44. The molecule has 0 spiro atoms. The molecule has 12 heavy (non-hydrogen) atoms. The van der Waals surface area contributed by atoms with Crippen LogP contribution in [0.4, 0.5) is 0 Å². The number of hydrogen-bond donors (Lipinski definition) is 0. The fraction of sp³-hybridized carbons (Fsp3) is 1.00. The van der Waals surface area contributed by atoms with Crippen molar-refractivity contribution in [2.24, 2.45) is 29.1 Å². The Hall–Kier alpha value is 0. The largest absolute Gasteiger partial charge is 0.0651 e. The van der Waals surface area contributed by atoms with E-state index in [0.717, 1.165) is 23.7 Å². The Morgan fingerprint density at radius 1 is 1.25 bits per heavy atom. The highest BCUT2D eigenvalue weighted by Gasteiger charge is 2.55. The highest BCUT2D eigenvalue weighted by Crippen LogP contribution is 2.63. The highest BCUT2D eigenvalue weighted by atomic mass is 14.6. The SMILES string of the molecule is CC[C@H]1[C@H](C)C[C@@H]2C[C@H]1C2(C)C. The second-order valence-corrected chi connectivity index (χ2v) is 5.65. The Bertz CT molecular complexity index is 180. The first-order valence-corrected chi connectivity index (χ1v) is 5.57. The van der Waals surface area contributed by atoms with Gasteiger partial charge >= 0.3 is 0 Å². The van der Waals surface area contributed by atoms with Gasteiger partial charge in [-0.1, -0.05) is 34.1 Å². The van der Waals surface area contributed by atoms with Crippen molar-refractivity contribution in [1.82, 2.24) is 0 Å². The molecule has 3 aliphatic rings. The molecule has 0 aromatic carbocycles. The average molecular weight is 166 g/mol. The third-order valence-corrected chi connectivity index (χ3v) is 4.92. The molecule has 0 N–H and O–H groups in total. The van der Waals surface area contributed by atoms with Crippen molar-refractivity contribution in [3.8, 4) is 0 Å². The van der Waals surface area contributed by atoms with E-state index >= 15 is 0 Å². The summed E-state index contributed by atoms with van der Waals surface area (Å²) in [5, 5.41) is 0. The second-order valence-electron chi connectivity index (χ2n) is 5.65. The van der Waals surface area contributed by atoms with Crippen molar-refractivity contribution >= 4 is 0 Å². The molecule has 3 saturated carbocycles. The van der Waals surface area contributed by atoms with Crippen LogP contribution >= 0.6 is 0 Å². The molecule has 0 saturated heterocycles. The summed E-state index contributed by atoms with van der Waals surface area (Å²) < 4.78 is 0. The minimum absolute atomic E-state index is 0.688. The maximum atomic E-state index is 2.49. The molecule has 0 aliphatic heterocycles. The van der Waals surface area contributed by atoms with Crippen LogP contribution in [-0.2, 0) is 0 Å². The van der Waals surface area contributed by atoms with Gasteiger partial charge in [0.25, 0.3) is 0 Å². The lowest BCUT2D eigenvalue weighted by Crippen LogP contribution is -2.54. The van der Waals surface area contributed by atoms with Crippen molar-refractivity contribution < 1.29 is 0 Å². The molecule has 0 heterocycles. The van der Waals surface area contributed by atoms with Gasteiger partial charge in [-0.15, -0.1) is 0 Å². The van der Waals surface area contributed by atoms with Crippen LogP contribution in [-0.4, -0.2) is 0 Å². The van der Waals surface area contributed by atoms with Gasteiger partial charge in [-0.25, -0.2) is 0 Å². The molecule has 3 fully saturated rings. The summed E-state index contributed by atoms with van der Waals surface area (Å²) in [6.45, 7) is 9.80. The monoisotopic (exact) mass is 166 g/mol. The van der Waals surface area contributed by atoms with Crippen molar-refractivity contribution in [2.75, 3.05) is 0 Å². The lowest BCUT2D eigenvalue weighted by Gasteiger charge is -2.62. The zero-order chi connectivity index (χ0) is 8.93. The van der Waals surface area contributed by atoms with Gasteiger partial charge in [-0.05, 0) is 41.9 Å². The van der Waals surface area contributed by atoms with Crippen LogP contribution in [0.5, 0.6) is 0 Å². The molecular weight excluding hydrogens is 144 g/mol. The normalized spacial score (nSPS) is 50.0. The maximum absolute atomic E-state index is 2.49. The van der Waals surface area contributed by atoms with Gasteiger partial charge in [0.1, 0.15) is 0 Å². The van der Waals surface area contributed by atoms with Crippen molar-refractivity contribution in [2.45, 2.75) is 47.0 Å². The Balaban J connectivity index is 2.15. The highest BCUT2D eigenvalue weighted by molar-refractivity contribution is 5.04. The summed E-state index contributed by atoms with van der Waals surface area (Å²) >= 11 is 0. The molecule has 0 aromatic rings. The lowest BCUT2D eigenvalue weighted by molar-refractivity contribution is -0.131. The van der Waals surface area contributed by atoms with E-state index in [4.69, 9.17) is 0 Å². The zero-order valence-corrected chi connectivity index (χ0v) is 8.93. The van der Waals surface area contributed by atoms with Crippen LogP contribution in [0.25, 0.3) is 0 Å². The number of hydrogen-bond acceptors (Lipinski definition) is 0. The average Bonchev–Trinajstić information content (AvgIpc) is 2.03. The molecular formula is C12H22. The molecule has 3 rings (SSSR count). The summed E-state index contributed by atoms with van der Waals surface area (Å²) in [5.74, 6) is 4.15. The smallest absolute Gasteiger partial charge is 0.0295 e. The van der Waals surface area contributed by atoms with Crippen molar-refractivity contribution in [1.29, 1.82) is 0 Å². The lowest BCUT2D eigenvalue weighted by atomic mass is 9.43. The minimum Gasteiger partial charge on any atom is -0.0651 e. The zero-order valence-electron chi connectivity index (χ0n) is 8.93. The van der Waals surface area contributed by atoms with Crippen LogP contribution in [0, 0.1) is 29.1 Å². The quantitative estimate of drug-likeness (QED) is 0.557. The molecule has 4 atom stereocenters. The van der Waals surface area contributed by atoms with Crippen LogP contribution in [0.15, 0.2) is 0 Å². The fourth-order valence-corrected chi connectivity index (χ4v) is 3.89. The molecule has 0 nitrogen and oxygen atoms in total. The molecule has 0 unspecified atom stereocenters. The first-order chi connectivity index (χ1) is 5.57. The molecule has 3 aliphatic carbocycles. The van der Waals surface area contributed by atoms with E-state index in [1.165, 1.54) is 19.3 Å². The Morgan fingerprint density at radius 2 is 1.92 bits per heavy atom. The topological polar surface area (TPSA) is 0 Å². The van der Waals surface area contributed by atoms with Gasteiger partial charge in [0.2, 0.25) is 0 Å². The first kappa shape index (κ1) is 8.59. The minimum atomic E-state index is 0.688. The molecule has 0 amide bonds. The van der Waals surface area contributed by atoms with Gasteiger partial charge in [0, 0.05) is 0 Å². The van der Waals surface area contributed by atoms with Gasteiger partial charge in [0.15, 0.2) is 0 Å². The third kappa shape index (κ3) is 0.900. The van der Waals surface area contributed by atoms with Crippen LogP contribution in [0.3, 0.4) is 0 Å². The second kappa shape index (κ2) is 2.49. The van der Waals surface area contributed by atoms with E-state index in [1.807, 2.05) is 0 Å². The van der Waals surface area contributed by atoms with Crippen molar-refractivity contribution in [3.63, 3.8) is 0 Å². The molecule has 70 valence electrons. The van der Waals surface area contributed by atoms with E-state index in [1.54, 1.807) is 0 Å². The fourth-order valence-electron chi connectivity index (χ4n) is 3.89. The summed E-state index contributed by atoms with van der Waals surface area (Å²) in [5.41, 5.74) is 0.688. The van der Waals surface area contributed by atoms with Crippen LogP contribution in [0.2, 0.25) is 0 Å². The van der Waals surface area contributed by atoms with E-state index in [-0.39, 0.29) is 0 Å². The first-order valence-electron chi connectivity index (χ1n) is 5.57. The van der Waals surface area contributed by atoms with Crippen LogP contribution < -0.4 is 0 Å². The van der Waals surface area contributed by atoms with Gasteiger partial charge in [0.05, 0.1) is 0 Å². The Kier molecular flexibility index (Phi) is 1.79. The van der Waals surface area contributed by atoms with Crippen LogP contribution in [0.1, 0.15) is 47.0 Å². The van der Waals surface area contributed by atoms with E-state index in [2.05, 4.69) is 27.7 Å². The van der Waals surface area contributed by atoms with E-state index in [9.17, 15) is 0 Å². The van der Waals surface area contributed by atoms with Gasteiger partial charge in [-0.2, -0.15) is 0 Å². The summed E-state index contributed by atoms with van der Waals surface area (Å²) in [6, 6.07) is 0. The van der Waals surface area contributed by atoms with Gasteiger partial charge < -0.3 is 0 Å². The molecule has 2 bridgehead atoms. The number of rotatable bonds is 1. The Morgan fingerprint density at radius 3 is 2.33 bits per heavy atom. The Labute approximate surface area is 76.7 Å².